The van der Waals surface area contributed by atoms with Gasteiger partial charge in [-0.15, -0.1) is 0 Å². The van der Waals surface area contributed by atoms with Crippen LogP contribution in [0.15, 0.2) is 54.6 Å². The number of aromatic nitrogens is 2. The number of hydrogen-bond donors (Lipinski definition) is 2. The molecule has 0 radical (unpaired) electrons. The molecule has 2 amide bonds. The normalized spacial score (nSPS) is 10.4. The summed E-state index contributed by atoms with van der Waals surface area (Å²) in [5.41, 5.74) is 7.82. The molecule has 0 spiro atoms. The molecular formula is C20H19ClN4O3. The molecule has 0 fully saturated rings. The fourth-order valence-corrected chi connectivity index (χ4v) is 2.77. The average molecular weight is 399 g/mol. The highest BCUT2D eigenvalue weighted by molar-refractivity contribution is 6.32. The molecule has 0 saturated carbocycles. The second-order valence-corrected chi connectivity index (χ2v) is 6.51. The Balaban J connectivity index is 1.52. The second kappa shape index (κ2) is 8.58. The predicted octanol–water partition coefficient (Wildman–Crippen LogP) is 2.98. The summed E-state index contributed by atoms with van der Waals surface area (Å²) in [5.74, 6) is -0.552. The van der Waals surface area contributed by atoms with Gasteiger partial charge in [-0.3, -0.25) is 20.4 Å². The van der Waals surface area contributed by atoms with E-state index in [1.807, 2.05) is 19.9 Å². The molecule has 8 heteroatoms. The van der Waals surface area contributed by atoms with Crippen molar-refractivity contribution in [3.63, 3.8) is 0 Å². The smallest absolute Gasteiger partial charge is 0.276 e. The van der Waals surface area contributed by atoms with Crippen molar-refractivity contribution in [3.8, 4) is 11.4 Å². The van der Waals surface area contributed by atoms with Gasteiger partial charge >= 0.3 is 0 Å². The van der Waals surface area contributed by atoms with Gasteiger partial charge in [-0.2, -0.15) is 5.10 Å². The summed E-state index contributed by atoms with van der Waals surface area (Å²) in [6.07, 6.45) is 0. The number of carbonyl (C=O) groups is 2. The van der Waals surface area contributed by atoms with Crippen molar-refractivity contribution in [2.75, 3.05) is 6.61 Å². The zero-order valence-corrected chi connectivity index (χ0v) is 16.2. The van der Waals surface area contributed by atoms with Crippen molar-refractivity contribution in [2.45, 2.75) is 13.8 Å². The van der Waals surface area contributed by atoms with Gasteiger partial charge in [0, 0.05) is 11.3 Å². The Morgan fingerprint density at radius 3 is 2.43 bits per heavy atom. The first-order valence-electron chi connectivity index (χ1n) is 8.54. The largest absolute Gasteiger partial charge is 0.482 e. The Labute approximate surface area is 167 Å². The van der Waals surface area contributed by atoms with Crippen molar-refractivity contribution in [2.24, 2.45) is 0 Å². The first-order valence-corrected chi connectivity index (χ1v) is 8.92. The van der Waals surface area contributed by atoms with Crippen molar-refractivity contribution in [1.29, 1.82) is 0 Å². The fraction of sp³-hybridized carbons (Fsp3) is 0.150. The van der Waals surface area contributed by atoms with Crippen molar-refractivity contribution < 1.29 is 14.3 Å². The van der Waals surface area contributed by atoms with E-state index in [9.17, 15) is 9.59 Å². The van der Waals surface area contributed by atoms with Crippen LogP contribution in [0.2, 0.25) is 5.02 Å². The van der Waals surface area contributed by atoms with Gasteiger partial charge < -0.3 is 4.74 Å². The maximum Gasteiger partial charge on any atom is 0.276 e. The summed E-state index contributed by atoms with van der Waals surface area (Å²) in [7, 11) is 0. The molecule has 1 heterocycles. The summed E-state index contributed by atoms with van der Waals surface area (Å²) in [6.45, 7) is 3.60. The number of amides is 2. The van der Waals surface area contributed by atoms with E-state index in [4.69, 9.17) is 16.3 Å². The van der Waals surface area contributed by atoms with E-state index in [0.29, 0.717) is 16.3 Å². The monoisotopic (exact) mass is 398 g/mol. The quantitative estimate of drug-likeness (QED) is 0.647. The first-order chi connectivity index (χ1) is 13.4. The van der Waals surface area contributed by atoms with E-state index in [0.717, 1.165) is 17.1 Å². The number of carbonyl (C=O) groups excluding carboxylic acids is 2. The van der Waals surface area contributed by atoms with Crippen LogP contribution in [0.3, 0.4) is 0 Å². The van der Waals surface area contributed by atoms with Crippen LogP contribution >= 0.6 is 11.6 Å². The van der Waals surface area contributed by atoms with E-state index in [1.165, 1.54) is 0 Å². The molecule has 28 heavy (non-hydrogen) atoms. The van der Waals surface area contributed by atoms with Gasteiger partial charge in [0.05, 0.1) is 16.4 Å². The number of ether oxygens (including phenoxy) is 1. The van der Waals surface area contributed by atoms with Gasteiger partial charge in [-0.1, -0.05) is 23.7 Å². The summed E-state index contributed by atoms with van der Waals surface area (Å²) in [4.78, 5) is 24.0. The molecule has 3 rings (SSSR count). The van der Waals surface area contributed by atoms with Crippen LogP contribution in [0.4, 0.5) is 0 Å². The predicted molar refractivity (Wildman–Crippen MR) is 106 cm³/mol. The van der Waals surface area contributed by atoms with Gasteiger partial charge in [-0.05, 0) is 56.3 Å². The second-order valence-electron chi connectivity index (χ2n) is 6.11. The third-order valence-electron chi connectivity index (χ3n) is 3.89. The molecule has 0 atom stereocenters. The van der Waals surface area contributed by atoms with Crippen molar-refractivity contribution >= 4 is 23.4 Å². The molecule has 1 aromatic heterocycles. The third-order valence-corrected chi connectivity index (χ3v) is 4.21. The Bertz CT molecular complexity index is 999. The van der Waals surface area contributed by atoms with E-state index in [1.54, 1.807) is 53.2 Å². The van der Waals surface area contributed by atoms with Gasteiger partial charge in [-0.25, -0.2) is 4.68 Å². The third kappa shape index (κ3) is 4.69. The molecule has 0 bridgehead atoms. The minimum atomic E-state index is -0.507. The number of hydrogen-bond acceptors (Lipinski definition) is 4. The molecule has 0 saturated heterocycles. The molecule has 7 nitrogen and oxygen atoms in total. The van der Waals surface area contributed by atoms with Crippen LogP contribution in [-0.4, -0.2) is 28.2 Å². The Kier molecular flexibility index (Phi) is 5.96. The number of rotatable bonds is 5. The Morgan fingerprint density at radius 1 is 1.07 bits per heavy atom. The lowest BCUT2D eigenvalue weighted by molar-refractivity contribution is -0.123. The van der Waals surface area contributed by atoms with E-state index in [-0.39, 0.29) is 6.61 Å². The number of nitrogens with zero attached hydrogens (tertiary/aromatic N) is 2. The molecule has 3 aromatic rings. The summed E-state index contributed by atoms with van der Waals surface area (Å²) in [5, 5.41) is 4.81. The highest BCUT2D eigenvalue weighted by Gasteiger charge is 2.10. The Hall–Kier alpha value is -3.32. The van der Waals surface area contributed by atoms with Crippen LogP contribution in [0.1, 0.15) is 21.7 Å². The molecule has 0 unspecified atom stereocenters. The van der Waals surface area contributed by atoms with Gasteiger partial charge in [0.2, 0.25) is 0 Å². The maximum atomic E-state index is 12.2. The number of para-hydroxylation sites is 1. The molecule has 2 aromatic carbocycles. The molecule has 0 aliphatic carbocycles. The summed E-state index contributed by atoms with van der Waals surface area (Å²) < 4.78 is 7.11. The maximum absolute atomic E-state index is 12.2. The van der Waals surface area contributed by atoms with Crippen molar-refractivity contribution in [1.82, 2.24) is 20.6 Å². The molecule has 0 aliphatic heterocycles. The summed E-state index contributed by atoms with van der Waals surface area (Å²) >= 11 is 5.95. The standard InChI is InChI=1S/C20H19ClN4O3/c1-13-11-14(2)25(24-13)16-9-7-15(8-10-16)20(27)23-22-19(26)12-28-18-6-4-3-5-17(18)21/h3-11H,12H2,1-2H3,(H,22,26)(H,23,27). The molecule has 2 N–H and O–H groups in total. The van der Waals surface area contributed by atoms with Gasteiger partial charge in [0.1, 0.15) is 5.75 Å². The van der Waals surface area contributed by atoms with E-state index in [2.05, 4.69) is 16.0 Å². The number of nitrogens with one attached hydrogen (secondary N) is 2. The molecule has 0 aliphatic rings. The topological polar surface area (TPSA) is 85.2 Å². The fourth-order valence-electron chi connectivity index (χ4n) is 2.58. The minimum Gasteiger partial charge on any atom is -0.482 e. The number of halogens is 1. The van der Waals surface area contributed by atoms with Crippen LogP contribution in [-0.2, 0) is 4.79 Å². The van der Waals surface area contributed by atoms with Crippen LogP contribution in [0.5, 0.6) is 5.75 Å². The van der Waals surface area contributed by atoms with Crippen molar-refractivity contribution in [3.05, 3.63) is 76.6 Å². The molecule has 144 valence electrons. The first kappa shape index (κ1) is 19.4. The number of aryl methyl sites for hydroxylation is 2. The van der Waals surface area contributed by atoms with Crippen LogP contribution in [0.25, 0.3) is 5.69 Å². The SMILES string of the molecule is Cc1cc(C)n(-c2ccc(C(=O)NNC(=O)COc3ccccc3Cl)cc2)n1. The zero-order valence-electron chi connectivity index (χ0n) is 15.4. The summed E-state index contributed by atoms with van der Waals surface area (Å²) in [6, 6.07) is 15.7. The highest BCUT2D eigenvalue weighted by Crippen LogP contribution is 2.22. The minimum absolute atomic E-state index is 0.277. The highest BCUT2D eigenvalue weighted by atomic mass is 35.5. The van der Waals surface area contributed by atoms with Crippen LogP contribution < -0.4 is 15.6 Å². The lowest BCUT2D eigenvalue weighted by atomic mass is 10.2. The van der Waals surface area contributed by atoms with Gasteiger partial charge in [0.25, 0.3) is 11.8 Å². The average Bonchev–Trinajstić information content (AvgIpc) is 3.03. The zero-order chi connectivity index (χ0) is 20.1. The van der Waals surface area contributed by atoms with E-state index < -0.39 is 11.8 Å². The van der Waals surface area contributed by atoms with E-state index >= 15 is 0 Å². The van der Waals surface area contributed by atoms with Crippen LogP contribution in [0, 0.1) is 13.8 Å². The number of benzene rings is 2. The lowest BCUT2D eigenvalue weighted by Gasteiger charge is -2.10. The van der Waals surface area contributed by atoms with Gasteiger partial charge in [0.15, 0.2) is 6.61 Å². The lowest BCUT2D eigenvalue weighted by Crippen LogP contribution is -2.43. The number of hydrazine groups is 1. The Morgan fingerprint density at radius 2 is 1.79 bits per heavy atom. The molecular weight excluding hydrogens is 380 g/mol.